The van der Waals surface area contributed by atoms with Gasteiger partial charge in [-0.2, -0.15) is 8.42 Å². The molecule has 1 aliphatic heterocycles. The van der Waals surface area contributed by atoms with E-state index in [-0.39, 0.29) is 29.5 Å². The van der Waals surface area contributed by atoms with Crippen LogP contribution in [0.1, 0.15) is 29.5 Å². The zero-order valence-corrected chi connectivity index (χ0v) is 18.6. The Labute approximate surface area is 181 Å². The van der Waals surface area contributed by atoms with Crippen LogP contribution in [-0.2, 0) is 30.9 Å². The van der Waals surface area contributed by atoms with E-state index in [1.54, 1.807) is 11.0 Å². The molecular weight excluding hydrogens is 429 g/mol. The molecule has 0 spiro atoms. The first kappa shape index (κ1) is 22.7. The fourth-order valence-corrected chi connectivity index (χ4v) is 4.55. The van der Waals surface area contributed by atoms with Gasteiger partial charge in [0.05, 0.1) is 19.3 Å². The molecule has 0 bridgehead atoms. The van der Waals surface area contributed by atoms with Gasteiger partial charge in [0.1, 0.15) is 5.82 Å². The number of amides is 1. The van der Waals surface area contributed by atoms with Gasteiger partial charge < -0.3 is 4.90 Å². The molecule has 2 aromatic carbocycles. The second-order valence-electron chi connectivity index (χ2n) is 7.86. The van der Waals surface area contributed by atoms with Crippen LogP contribution in [0.3, 0.4) is 0 Å². The molecule has 1 atom stereocenters. The Morgan fingerprint density at radius 3 is 2.57 bits per heavy atom. The number of aryl methyl sites for hydroxylation is 1. The number of halogens is 2. The van der Waals surface area contributed by atoms with Gasteiger partial charge in [-0.05, 0) is 37.5 Å². The molecule has 1 fully saturated rings. The summed E-state index contributed by atoms with van der Waals surface area (Å²) < 4.78 is 41.9. The largest absolute Gasteiger partial charge is 0.341 e. The first-order valence-corrected chi connectivity index (χ1v) is 11.9. The van der Waals surface area contributed by atoms with Crippen molar-refractivity contribution < 1.29 is 21.8 Å². The molecule has 0 saturated carbocycles. The molecule has 5 nitrogen and oxygen atoms in total. The number of rotatable bonds is 7. The summed E-state index contributed by atoms with van der Waals surface area (Å²) in [5, 5.41) is 0.230. The molecule has 1 heterocycles. The van der Waals surface area contributed by atoms with Gasteiger partial charge in [-0.25, -0.2) is 4.39 Å². The highest BCUT2D eigenvalue weighted by Crippen LogP contribution is 2.38. The predicted molar refractivity (Wildman–Crippen MR) is 115 cm³/mol. The van der Waals surface area contributed by atoms with Crippen molar-refractivity contribution in [2.45, 2.75) is 31.6 Å². The van der Waals surface area contributed by atoms with Crippen LogP contribution in [0.15, 0.2) is 42.5 Å². The van der Waals surface area contributed by atoms with Crippen molar-refractivity contribution in [3.63, 3.8) is 0 Å². The number of carbonyl (C=O) groups is 1. The molecule has 0 radical (unpaired) electrons. The Morgan fingerprint density at radius 1 is 1.23 bits per heavy atom. The second kappa shape index (κ2) is 9.04. The Bertz CT molecular complexity index is 1010. The summed E-state index contributed by atoms with van der Waals surface area (Å²) in [6.07, 6.45) is 2.02. The third kappa shape index (κ3) is 5.39. The molecule has 30 heavy (non-hydrogen) atoms. The molecule has 1 saturated heterocycles. The molecule has 3 rings (SSSR count). The van der Waals surface area contributed by atoms with E-state index in [4.69, 9.17) is 15.8 Å². The number of carbonyl (C=O) groups excluding carboxylic acids is 1. The topological polar surface area (TPSA) is 63.7 Å². The quantitative estimate of drug-likeness (QED) is 0.597. The second-order valence-corrected chi connectivity index (χ2v) is 9.92. The van der Waals surface area contributed by atoms with Crippen molar-refractivity contribution in [2.75, 3.05) is 26.0 Å². The standard InChI is InChI=1S/C22H25ClFNO4S/c1-16-6-8-17(9-7-16)22(11-13-29-30(2,27)28)10-12-25(15-22)21(26)14-18-19(23)4-3-5-20(18)24/h3-9H,10-15H2,1-2H3/t22-/m1/s1. The van der Waals surface area contributed by atoms with Gasteiger partial charge in [0.25, 0.3) is 10.1 Å². The van der Waals surface area contributed by atoms with Crippen molar-refractivity contribution in [1.29, 1.82) is 0 Å². The van der Waals surface area contributed by atoms with Gasteiger partial charge in [0.2, 0.25) is 5.91 Å². The average molecular weight is 454 g/mol. The Balaban J connectivity index is 1.79. The summed E-state index contributed by atoms with van der Waals surface area (Å²) in [4.78, 5) is 14.6. The van der Waals surface area contributed by atoms with Crippen LogP contribution in [0.25, 0.3) is 0 Å². The minimum Gasteiger partial charge on any atom is -0.341 e. The van der Waals surface area contributed by atoms with E-state index in [9.17, 15) is 17.6 Å². The third-order valence-electron chi connectivity index (χ3n) is 5.64. The maximum Gasteiger partial charge on any atom is 0.264 e. The number of hydrogen-bond acceptors (Lipinski definition) is 4. The van der Waals surface area contributed by atoms with Gasteiger partial charge in [0.15, 0.2) is 0 Å². The molecule has 1 amide bonds. The Morgan fingerprint density at radius 2 is 1.93 bits per heavy atom. The molecule has 2 aromatic rings. The average Bonchev–Trinajstić information content (AvgIpc) is 3.10. The molecule has 0 aromatic heterocycles. The third-order valence-corrected chi connectivity index (χ3v) is 6.59. The van der Waals surface area contributed by atoms with Crippen LogP contribution in [0.4, 0.5) is 4.39 Å². The van der Waals surface area contributed by atoms with Crippen molar-refractivity contribution in [1.82, 2.24) is 4.90 Å². The van der Waals surface area contributed by atoms with Gasteiger partial charge in [-0.1, -0.05) is 47.5 Å². The summed E-state index contributed by atoms with van der Waals surface area (Å²) in [6.45, 7) is 2.94. The highest BCUT2D eigenvalue weighted by Gasteiger charge is 2.41. The van der Waals surface area contributed by atoms with E-state index in [1.807, 2.05) is 31.2 Å². The van der Waals surface area contributed by atoms with Crippen LogP contribution >= 0.6 is 11.6 Å². The molecule has 1 aliphatic rings. The van der Waals surface area contributed by atoms with E-state index in [0.29, 0.717) is 25.9 Å². The smallest absolute Gasteiger partial charge is 0.264 e. The van der Waals surface area contributed by atoms with Crippen LogP contribution in [-0.4, -0.2) is 45.2 Å². The van der Waals surface area contributed by atoms with Crippen LogP contribution < -0.4 is 0 Å². The first-order valence-electron chi connectivity index (χ1n) is 9.72. The maximum absolute atomic E-state index is 14.1. The summed E-state index contributed by atoms with van der Waals surface area (Å²) in [6, 6.07) is 12.4. The maximum atomic E-state index is 14.1. The van der Waals surface area contributed by atoms with Crippen molar-refractivity contribution in [3.8, 4) is 0 Å². The fraction of sp³-hybridized carbons (Fsp3) is 0.409. The van der Waals surface area contributed by atoms with Crippen molar-refractivity contribution >= 4 is 27.6 Å². The lowest BCUT2D eigenvalue weighted by Gasteiger charge is -2.30. The summed E-state index contributed by atoms with van der Waals surface area (Å²) in [5.74, 6) is -0.707. The van der Waals surface area contributed by atoms with E-state index in [2.05, 4.69) is 0 Å². The molecule has 0 unspecified atom stereocenters. The zero-order chi connectivity index (χ0) is 21.9. The predicted octanol–water partition coefficient (Wildman–Crippen LogP) is 3.87. The molecule has 0 aliphatic carbocycles. The lowest BCUT2D eigenvalue weighted by atomic mass is 9.77. The van der Waals surface area contributed by atoms with Crippen LogP contribution in [0.2, 0.25) is 5.02 Å². The Hall–Kier alpha value is -1.96. The van der Waals surface area contributed by atoms with Gasteiger partial charge in [0, 0.05) is 29.1 Å². The lowest BCUT2D eigenvalue weighted by Crippen LogP contribution is -2.36. The van der Waals surface area contributed by atoms with E-state index >= 15 is 0 Å². The number of hydrogen-bond donors (Lipinski definition) is 0. The number of nitrogens with zero attached hydrogens (tertiary/aromatic N) is 1. The first-order chi connectivity index (χ1) is 14.1. The van der Waals surface area contributed by atoms with Gasteiger partial charge in [-0.15, -0.1) is 0 Å². The molecular formula is C22H25ClFNO4S. The fourth-order valence-electron chi connectivity index (χ4n) is 3.93. The Kier molecular flexibility index (Phi) is 6.84. The van der Waals surface area contributed by atoms with Crippen LogP contribution in [0, 0.1) is 12.7 Å². The van der Waals surface area contributed by atoms with Crippen molar-refractivity contribution in [2.24, 2.45) is 0 Å². The lowest BCUT2D eigenvalue weighted by molar-refractivity contribution is -0.129. The van der Waals surface area contributed by atoms with Gasteiger partial charge in [-0.3, -0.25) is 8.98 Å². The van der Waals surface area contributed by atoms with E-state index in [1.165, 1.54) is 12.1 Å². The zero-order valence-electron chi connectivity index (χ0n) is 17.0. The number of likely N-dealkylation sites (tertiary alicyclic amines) is 1. The van der Waals surface area contributed by atoms with Crippen molar-refractivity contribution in [3.05, 3.63) is 70.0 Å². The SMILES string of the molecule is Cc1ccc([C@@]2(CCOS(C)(=O)=O)CCN(C(=O)Cc3c(F)cccc3Cl)C2)cc1. The minimum atomic E-state index is -3.55. The normalized spacial score (nSPS) is 19.3. The van der Waals surface area contributed by atoms with E-state index in [0.717, 1.165) is 17.4 Å². The number of benzene rings is 2. The summed E-state index contributed by atoms with van der Waals surface area (Å²) >= 11 is 6.07. The summed E-state index contributed by atoms with van der Waals surface area (Å²) in [7, 11) is -3.55. The molecule has 162 valence electrons. The van der Waals surface area contributed by atoms with E-state index < -0.39 is 21.4 Å². The minimum absolute atomic E-state index is 0.0356. The van der Waals surface area contributed by atoms with Gasteiger partial charge >= 0.3 is 0 Å². The highest BCUT2D eigenvalue weighted by molar-refractivity contribution is 7.85. The van der Waals surface area contributed by atoms with Crippen LogP contribution in [0.5, 0.6) is 0 Å². The highest BCUT2D eigenvalue weighted by atomic mass is 35.5. The molecule has 8 heteroatoms. The monoisotopic (exact) mass is 453 g/mol. The molecule has 0 N–H and O–H groups in total. The summed E-state index contributed by atoms with van der Waals surface area (Å²) in [5.41, 5.74) is 1.91.